The number of hydrogen-bond donors (Lipinski definition) is 0. The highest BCUT2D eigenvalue weighted by atomic mass is 32.2. The van der Waals surface area contributed by atoms with Gasteiger partial charge in [0.25, 0.3) is 0 Å². The molecule has 146 valence electrons. The lowest BCUT2D eigenvalue weighted by molar-refractivity contribution is -0.143. The molecule has 1 aliphatic rings. The Hall–Kier alpha value is -1.36. The monoisotopic (exact) mass is 380 g/mol. The van der Waals surface area contributed by atoms with E-state index in [1.807, 2.05) is 36.9 Å². The summed E-state index contributed by atoms with van der Waals surface area (Å²) in [6.07, 6.45) is 2.71. The molecule has 1 aromatic rings. The number of carbonyl (C=O) groups is 1. The molecule has 0 saturated heterocycles. The maximum atomic E-state index is 11.7. The molecule has 0 saturated carbocycles. The Morgan fingerprint density at radius 2 is 2.04 bits per heavy atom. The normalized spacial score (nSPS) is 18.2. The molecule has 0 aromatic heterocycles. The lowest BCUT2D eigenvalue weighted by Gasteiger charge is -2.19. The molecule has 0 spiro atoms. The van der Waals surface area contributed by atoms with Gasteiger partial charge >= 0.3 is 5.97 Å². The number of thioether (sulfide) groups is 1. The number of esters is 1. The second-order valence-electron chi connectivity index (χ2n) is 7.22. The van der Waals surface area contributed by atoms with Crippen LogP contribution in [0, 0.1) is 0 Å². The van der Waals surface area contributed by atoms with E-state index in [-0.39, 0.29) is 18.0 Å². The molecule has 2 unspecified atom stereocenters. The van der Waals surface area contributed by atoms with Crippen LogP contribution < -0.4 is 9.47 Å². The van der Waals surface area contributed by atoms with E-state index in [1.54, 1.807) is 0 Å². The number of rotatable bonds is 10. The van der Waals surface area contributed by atoms with Crippen molar-refractivity contribution >= 4 is 17.7 Å². The molecule has 1 aliphatic heterocycles. The van der Waals surface area contributed by atoms with Gasteiger partial charge < -0.3 is 14.2 Å². The van der Waals surface area contributed by atoms with Crippen molar-refractivity contribution in [3.63, 3.8) is 0 Å². The van der Waals surface area contributed by atoms with Crippen LogP contribution in [0.3, 0.4) is 0 Å². The number of hydrogen-bond acceptors (Lipinski definition) is 5. The Kier molecular flexibility index (Phi) is 8.14. The Labute approximate surface area is 162 Å². The quantitative estimate of drug-likeness (QED) is 0.523. The minimum Gasteiger partial charge on any atom is -0.492 e. The Balaban J connectivity index is 1.86. The van der Waals surface area contributed by atoms with Gasteiger partial charge in [0.15, 0.2) is 0 Å². The molecule has 0 bridgehead atoms. The van der Waals surface area contributed by atoms with E-state index in [0.717, 1.165) is 29.9 Å². The SMILES string of the molecule is CCOC(=O)CC1COc2cc(O[C@@H](C)CCC(C)SC(C)C)ccc21. The van der Waals surface area contributed by atoms with Gasteiger partial charge in [-0.15, -0.1) is 0 Å². The van der Waals surface area contributed by atoms with Crippen molar-refractivity contribution in [2.24, 2.45) is 0 Å². The van der Waals surface area contributed by atoms with Gasteiger partial charge in [-0.3, -0.25) is 4.79 Å². The van der Waals surface area contributed by atoms with Crippen LogP contribution in [-0.4, -0.2) is 35.8 Å². The van der Waals surface area contributed by atoms with Gasteiger partial charge in [-0.1, -0.05) is 26.8 Å². The van der Waals surface area contributed by atoms with Crippen LogP contribution in [0.2, 0.25) is 0 Å². The third-order valence-electron chi connectivity index (χ3n) is 4.40. The fourth-order valence-electron chi connectivity index (χ4n) is 3.21. The summed E-state index contributed by atoms with van der Waals surface area (Å²) in [6, 6.07) is 5.95. The topological polar surface area (TPSA) is 44.8 Å². The summed E-state index contributed by atoms with van der Waals surface area (Å²) in [5.74, 6) is 1.56. The molecule has 0 fully saturated rings. The summed E-state index contributed by atoms with van der Waals surface area (Å²) in [4.78, 5) is 11.7. The van der Waals surface area contributed by atoms with Crippen LogP contribution in [0.5, 0.6) is 11.5 Å². The zero-order chi connectivity index (χ0) is 19.1. The molecule has 0 aliphatic carbocycles. The smallest absolute Gasteiger partial charge is 0.306 e. The average Bonchev–Trinajstić information content (AvgIpc) is 2.95. The fourth-order valence-corrected chi connectivity index (χ4v) is 4.42. The third kappa shape index (κ3) is 6.42. The Bertz CT molecular complexity index is 587. The Morgan fingerprint density at radius 1 is 1.27 bits per heavy atom. The second-order valence-corrected chi connectivity index (χ2v) is 9.24. The first-order chi connectivity index (χ1) is 12.4. The molecule has 0 amide bonds. The molecule has 0 radical (unpaired) electrons. The van der Waals surface area contributed by atoms with Gasteiger partial charge in [0.05, 0.1) is 25.7 Å². The number of benzene rings is 1. The van der Waals surface area contributed by atoms with Gasteiger partial charge in [0, 0.05) is 22.8 Å². The predicted octanol–water partition coefficient (Wildman–Crippen LogP) is 5.19. The van der Waals surface area contributed by atoms with Crippen molar-refractivity contribution in [2.45, 2.75) is 76.4 Å². The van der Waals surface area contributed by atoms with Crippen molar-refractivity contribution in [3.8, 4) is 11.5 Å². The standard InChI is InChI=1S/C21H32O4S/c1-6-23-21(22)11-17-13-24-20-12-18(9-10-19(17)20)25-15(4)7-8-16(5)26-14(2)3/h9-10,12,14-17H,6-8,11,13H2,1-5H3/t15-,16?,17?/m0/s1. The van der Waals surface area contributed by atoms with E-state index in [9.17, 15) is 4.79 Å². The summed E-state index contributed by atoms with van der Waals surface area (Å²) in [6.45, 7) is 11.6. The molecule has 2 rings (SSSR count). The number of carbonyl (C=O) groups excluding carboxylic acids is 1. The van der Waals surface area contributed by atoms with Crippen molar-refractivity contribution in [2.75, 3.05) is 13.2 Å². The largest absolute Gasteiger partial charge is 0.492 e. The Morgan fingerprint density at radius 3 is 2.73 bits per heavy atom. The third-order valence-corrected chi connectivity index (χ3v) is 5.65. The number of ether oxygens (including phenoxy) is 3. The zero-order valence-corrected chi connectivity index (χ0v) is 17.4. The van der Waals surface area contributed by atoms with E-state index < -0.39 is 0 Å². The van der Waals surface area contributed by atoms with Gasteiger partial charge in [-0.2, -0.15) is 11.8 Å². The fraction of sp³-hybridized carbons (Fsp3) is 0.667. The van der Waals surface area contributed by atoms with Crippen molar-refractivity contribution in [1.82, 2.24) is 0 Å². The lowest BCUT2D eigenvalue weighted by atomic mass is 9.98. The molecule has 4 nitrogen and oxygen atoms in total. The van der Waals surface area contributed by atoms with Crippen molar-refractivity contribution < 1.29 is 19.0 Å². The number of fused-ring (bicyclic) bond motifs is 1. The molecular formula is C21H32O4S. The van der Waals surface area contributed by atoms with E-state index >= 15 is 0 Å². The molecule has 1 heterocycles. The highest BCUT2D eigenvalue weighted by Gasteiger charge is 2.27. The van der Waals surface area contributed by atoms with Crippen LogP contribution in [0.15, 0.2) is 18.2 Å². The molecule has 0 N–H and O–H groups in total. The molecule has 5 heteroatoms. The first-order valence-corrected chi connectivity index (χ1v) is 10.6. The zero-order valence-electron chi connectivity index (χ0n) is 16.6. The van der Waals surface area contributed by atoms with E-state index in [2.05, 4.69) is 27.7 Å². The van der Waals surface area contributed by atoms with Crippen LogP contribution >= 0.6 is 11.8 Å². The van der Waals surface area contributed by atoms with E-state index in [4.69, 9.17) is 14.2 Å². The summed E-state index contributed by atoms with van der Waals surface area (Å²) < 4.78 is 16.9. The summed E-state index contributed by atoms with van der Waals surface area (Å²) in [7, 11) is 0. The first-order valence-electron chi connectivity index (χ1n) is 9.63. The van der Waals surface area contributed by atoms with Crippen LogP contribution in [0.1, 0.15) is 65.4 Å². The molecular weight excluding hydrogens is 348 g/mol. The average molecular weight is 381 g/mol. The summed E-state index contributed by atoms with van der Waals surface area (Å²) in [5, 5.41) is 1.31. The lowest BCUT2D eigenvalue weighted by Crippen LogP contribution is -2.14. The first kappa shape index (κ1) is 20.9. The highest BCUT2D eigenvalue weighted by molar-refractivity contribution is 8.00. The minimum atomic E-state index is -0.170. The van der Waals surface area contributed by atoms with Crippen LogP contribution in [-0.2, 0) is 9.53 Å². The van der Waals surface area contributed by atoms with E-state index in [0.29, 0.717) is 30.1 Å². The summed E-state index contributed by atoms with van der Waals surface area (Å²) >= 11 is 2.01. The highest BCUT2D eigenvalue weighted by Crippen LogP contribution is 2.38. The van der Waals surface area contributed by atoms with Gasteiger partial charge in [-0.05, 0) is 38.0 Å². The van der Waals surface area contributed by atoms with Crippen LogP contribution in [0.25, 0.3) is 0 Å². The van der Waals surface area contributed by atoms with E-state index in [1.165, 1.54) is 0 Å². The van der Waals surface area contributed by atoms with Crippen LogP contribution in [0.4, 0.5) is 0 Å². The second kappa shape index (κ2) is 10.1. The minimum absolute atomic E-state index is 0.0735. The van der Waals surface area contributed by atoms with Gasteiger partial charge in [-0.25, -0.2) is 0 Å². The van der Waals surface area contributed by atoms with Gasteiger partial charge in [0.2, 0.25) is 0 Å². The molecule has 26 heavy (non-hydrogen) atoms. The maximum Gasteiger partial charge on any atom is 0.306 e. The van der Waals surface area contributed by atoms with Crippen molar-refractivity contribution in [1.29, 1.82) is 0 Å². The predicted molar refractivity (Wildman–Crippen MR) is 107 cm³/mol. The van der Waals surface area contributed by atoms with Crippen molar-refractivity contribution in [3.05, 3.63) is 23.8 Å². The van der Waals surface area contributed by atoms with Gasteiger partial charge in [0.1, 0.15) is 11.5 Å². The molecule has 1 aromatic carbocycles. The molecule has 3 atom stereocenters. The summed E-state index contributed by atoms with van der Waals surface area (Å²) in [5.41, 5.74) is 1.07. The maximum absolute atomic E-state index is 11.7.